The summed E-state index contributed by atoms with van der Waals surface area (Å²) in [5, 5.41) is 0. The van der Waals surface area contributed by atoms with E-state index in [2.05, 4.69) is 15.9 Å². The quantitative estimate of drug-likeness (QED) is 0.831. The summed E-state index contributed by atoms with van der Waals surface area (Å²) in [7, 11) is 0. The van der Waals surface area contributed by atoms with Crippen molar-refractivity contribution in [2.45, 2.75) is 20.4 Å². The first-order valence-corrected chi connectivity index (χ1v) is 6.70. The van der Waals surface area contributed by atoms with Crippen molar-refractivity contribution in [3.8, 4) is 0 Å². The van der Waals surface area contributed by atoms with Crippen LogP contribution in [-0.2, 0) is 6.54 Å². The highest BCUT2D eigenvalue weighted by atomic mass is 79.9. The van der Waals surface area contributed by atoms with E-state index in [1.54, 1.807) is 4.57 Å². The molecule has 0 aliphatic heterocycles. The van der Waals surface area contributed by atoms with E-state index in [9.17, 15) is 9.18 Å². The molecular formula is C12H11BrFNOS. The Bertz CT molecular complexity index is 597. The molecule has 0 unspecified atom stereocenters. The molecule has 0 amide bonds. The second-order valence-electron chi connectivity index (χ2n) is 3.87. The minimum absolute atomic E-state index is 0.000355. The van der Waals surface area contributed by atoms with Crippen LogP contribution in [0.2, 0.25) is 0 Å². The van der Waals surface area contributed by atoms with E-state index in [4.69, 9.17) is 0 Å². The zero-order valence-electron chi connectivity index (χ0n) is 9.46. The molecule has 0 radical (unpaired) electrons. The van der Waals surface area contributed by atoms with Gasteiger partial charge in [0.1, 0.15) is 5.82 Å². The third-order valence-electron chi connectivity index (χ3n) is 2.64. The van der Waals surface area contributed by atoms with Crippen LogP contribution in [-0.4, -0.2) is 4.57 Å². The molecule has 0 aliphatic carbocycles. The van der Waals surface area contributed by atoms with Gasteiger partial charge >= 0.3 is 4.87 Å². The number of halogens is 2. The molecule has 2 nitrogen and oxygen atoms in total. The highest BCUT2D eigenvalue weighted by molar-refractivity contribution is 9.10. The summed E-state index contributed by atoms with van der Waals surface area (Å²) in [5.74, 6) is -0.299. The van der Waals surface area contributed by atoms with Crippen LogP contribution in [0.4, 0.5) is 4.39 Å². The van der Waals surface area contributed by atoms with Crippen LogP contribution in [0.3, 0.4) is 0 Å². The third kappa shape index (κ3) is 2.66. The maximum Gasteiger partial charge on any atom is 0.307 e. The summed E-state index contributed by atoms with van der Waals surface area (Å²) in [6, 6.07) is 4.67. The first kappa shape index (κ1) is 12.5. The summed E-state index contributed by atoms with van der Waals surface area (Å²) < 4.78 is 15.6. The van der Waals surface area contributed by atoms with Crippen LogP contribution in [0, 0.1) is 19.7 Å². The largest absolute Gasteiger partial charge is 0.307 e. The highest BCUT2D eigenvalue weighted by Crippen LogP contribution is 2.17. The fraction of sp³-hybridized carbons (Fsp3) is 0.250. The van der Waals surface area contributed by atoms with Crippen molar-refractivity contribution in [3.63, 3.8) is 0 Å². The van der Waals surface area contributed by atoms with Crippen molar-refractivity contribution in [1.82, 2.24) is 4.57 Å². The maximum atomic E-state index is 13.2. The molecule has 1 aromatic carbocycles. The van der Waals surface area contributed by atoms with Crippen molar-refractivity contribution in [2.75, 3.05) is 0 Å². The number of rotatable bonds is 2. The van der Waals surface area contributed by atoms with Gasteiger partial charge in [-0.3, -0.25) is 9.36 Å². The molecule has 0 saturated carbocycles. The Hall–Kier alpha value is -0.940. The number of aryl methyl sites for hydroxylation is 1. The standard InChI is InChI=1S/C12H11BrFNOS/c1-7-8(2)17-12(16)15(7)6-9-3-10(13)5-11(14)4-9/h3-5H,6H2,1-2H3. The van der Waals surface area contributed by atoms with Crippen LogP contribution in [0.5, 0.6) is 0 Å². The van der Waals surface area contributed by atoms with Crippen LogP contribution < -0.4 is 4.87 Å². The molecule has 2 rings (SSSR count). The van der Waals surface area contributed by atoms with Crippen molar-refractivity contribution < 1.29 is 4.39 Å². The van der Waals surface area contributed by atoms with Gasteiger partial charge < -0.3 is 0 Å². The van der Waals surface area contributed by atoms with Crippen LogP contribution in [0.25, 0.3) is 0 Å². The molecule has 0 spiro atoms. The van der Waals surface area contributed by atoms with Gasteiger partial charge in [0.25, 0.3) is 0 Å². The fourth-order valence-corrected chi connectivity index (χ4v) is 3.00. The predicted molar refractivity (Wildman–Crippen MR) is 71.3 cm³/mol. The van der Waals surface area contributed by atoms with Crippen LogP contribution >= 0.6 is 27.3 Å². The molecule has 0 bridgehead atoms. The molecule has 5 heteroatoms. The molecule has 90 valence electrons. The smallest absolute Gasteiger partial charge is 0.299 e. The Morgan fingerprint density at radius 1 is 1.35 bits per heavy atom. The normalized spacial score (nSPS) is 10.8. The molecule has 0 atom stereocenters. The van der Waals surface area contributed by atoms with Crippen LogP contribution in [0.15, 0.2) is 27.5 Å². The van der Waals surface area contributed by atoms with Gasteiger partial charge in [-0.25, -0.2) is 4.39 Å². The van der Waals surface area contributed by atoms with Gasteiger partial charge in [0.2, 0.25) is 0 Å². The lowest BCUT2D eigenvalue weighted by molar-refractivity contribution is 0.621. The first-order valence-electron chi connectivity index (χ1n) is 5.09. The molecular weight excluding hydrogens is 305 g/mol. The van der Waals surface area contributed by atoms with E-state index < -0.39 is 0 Å². The van der Waals surface area contributed by atoms with Crippen molar-refractivity contribution in [3.05, 3.63) is 54.3 Å². The minimum atomic E-state index is -0.299. The minimum Gasteiger partial charge on any atom is -0.299 e. The molecule has 17 heavy (non-hydrogen) atoms. The van der Waals surface area contributed by atoms with Gasteiger partial charge in [-0.05, 0) is 37.6 Å². The number of benzene rings is 1. The lowest BCUT2D eigenvalue weighted by Crippen LogP contribution is -2.15. The lowest BCUT2D eigenvalue weighted by Gasteiger charge is -2.06. The van der Waals surface area contributed by atoms with Gasteiger partial charge in [0, 0.05) is 15.0 Å². The monoisotopic (exact) mass is 315 g/mol. The van der Waals surface area contributed by atoms with Gasteiger partial charge in [0.05, 0.1) is 6.54 Å². The summed E-state index contributed by atoms with van der Waals surface area (Å²) in [4.78, 5) is 12.7. The van der Waals surface area contributed by atoms with E-state index in [1.807, 2.05) is 19.9 Å². The van der Waals surface area contributed by atoms with Gasteiger partial charge in [0.15, 0.2) is 0 Å². The Morgan fingerprint density at radius 2 is 2.06 bits per heavy atom. The van der Waals surface area contributed by atoms with Gasteiger partial charge in [-0.15, -0.1) is 0 Å². The zero-order chi connectivity index (χ0) is 12.6. The van der Waals surface area contributed by atoms with Crippen molar-refractivity contribution >= 4 is 27.3 Å². The number of hydrogen-bond donors (Lipinski definition) is 0. The summed E-state index contributed by atoms with van der Waals surface area (Å²) in [5.41, 5.74) is 1.72. The Morgan fingerprint density at radius 3 is 2.59 bits per heavy atom. The third-order valence-corrected chi connectivity index (χ3v) is 4.09. The lowest BCUT2D eigenvalue weighted by atomic mass is 10.2. The Balaban J connectivity index is 2.41. The molecule has 1 aromatic heterocycles. The molecule has 2 aromatic rings. The highest BCUT2D eigenvalue weighted by Gasteiger charge is 2.08. The Kier molecular flexibility index (Phi) is 3.49. The average Bonchev–Trinajstić information content (AvgIpc) is 2.44. The molecule has 0 aliphatic rings. The number of hydrogen-bond acceptors (Lipinski definition) is 2. The summed E-state index contributed by atoms with van der Waals surface area (Å²) >= 11 is 4.47. The van der Waals surface area contributed by atoms with E-state index >= 15 is 0 Å². The summed E-state index contributed by atoms with van der Waals surface area (Å²) in [6.45, 7) is 4.23. The molecule has 1 heterocycles. The Labute approximate surface area is 111 Å². The zero-order valence-corrected chi connectivity index (χ0v) is 11.9. The first-order chi connectivity index (χ1) is 7.97. The molecule has 0 N–H and O–H groups in total. The predicted octanol–water partition coefficient (Wildman–Crippen LogP) is 3.48. The second-order valence-corrected chi connectivity index (χ2v) is 5.95. The van der Waals surface area contributed by atoms with E-state index in [-0.39, 0.29) is 10.7 Å². The van der Waals surface area contributed by atoms with Gasteiger partial charge in [-0.1, -0.05) is 27.3 Å². The topological polar surface area (TPSA) is 22.0 Å². The number of nitrogens with zero attached hydrogens (tertiary/aromatic N) is 1. The SMILES string of the molecule is Cc1sc(=O)n(Cc2cc(F)cc(Br)c2)c1C. The molecule has 0 saturated heterocycles. The number of thiazole rings is 1. The van der Waals surface area contributed by atoms with Gasteiger partial charge in [-0.2, -0.15) is 0 Å². The van der Waals surface area contributed by atoms with Crippen molar-refractivity contribution in [2.24, 2.45) is 0 Å². The van der Waals surface area contributed by atoms with E-state index in [1.165, 1.54) is 23.5 Å². The second kappa shape index (κ2) is 4.74. The fourth-order valence-electron chi connectivity index (χ4n) is 1.65. The summed E-state index contributed by atoms with van der Waals surface area (Å²) in [6.07, 6.45) is 0. The van der Waals surface area contributed by atoms with Crippen LogP contribution in [0.1, 0.15) is 16.1 Å². The van der Waals surface area contributed by atoms with Crippen molar-refractivity contribution in [1.29, 1.82) is 0 Å². The van der Waals surface area contributed by atoms with E-state index in [0.717, 1.165) is 16.1 Å². The van der Waals surface area contributed by atoms with E-state index in [0.29, 0.717) is 11.0 Å². The average molecular weight is 316 g/mol. The number of aromatic nitrogens is 1. The molecule has 0 fully saturated rings. The maximum absolute atomic E-state index is 13.2.